The van der Waals surface area contributed by atoms with Crippen LogP contribution in [0.5, 0.6) is 0 Å². The molecule has 1 aliphatic rings. The van der Waals surface area contributed by atoms with E-state index in [1.54, 1.807) is 12.0 Å². The number of carbonyl (C=O) groups excluding carboxylic acids is 1. The molecule has 1 heterocycles. The number of hydrogen-bond donors (Lipinski definition) is 1. The Hall–Kier alpha value is -1.88. The predicted octanol–water partition coefficient (Wildman–Crippen LogP) is 2.02. The molecule has 1 aromatic rings. The second kappa shape index (κ2) is 7.40. The SMILES string of the molecule is COC1CC(CC(=O)O)N(C(=O)CCc2ccc(C)cc2)C1. The average molecular weight is 305 g/mol. The third-order valence-electron chi connectivity index (χ3n) is 4.19. The number of aliphatic carboxylic acids is 1. The number of benzene rings is 1. The van der Waals surface area contributed by atoms with Crippen LogP contribution in [0.25, 0.3) is 0 Å². The van der Waals surface area contributed by atoms with E-state index in [1.807, 2.05) is 31.2 Å². The number of amides is 1. The minimum atomic E-state index is -0.877. The van der Waals surface area contributed by atoms with E-state index in [1.165, 1.54) is 5.56 Å². The van der Waals surface area contributed by atoms with Crippen molar-refractivity contribution < 1.29 is 19.4 Å². The number of carboxylic acids is 1. The lowest BCUT2D eigenvalue weighted by atomic mass is 10.1. The van der Waals surface area contributed by atoms with Gasteiger partial charge in [-0.2, -0.15) is 0 Å². The van der Waals surface area contributed by atoms with Crippen LogP contribution >= 0.6 is 0 Å². The third-order valence-corrected chi connectivity index (χ3v) is 4.19. The smallest absolute Gasteiger partial charge is 0.305 e. The monoisotopic (exact) mass is 305 g/mol. The van der Waals surface area contributed by atoms with Gasteiger partial charge in [0, 0.05) is 26.1 Å². The Kier molecular flexibility index (Phi) is 5.55. The Labute approximate surface area is 130 Å². The fourth-order valence-electron chi connectivity index (χ4n) is 2.89. The summed E-state index contributed by atoms with van der Waals surface area (Å²) >= 11 is 0. The quantitative estimate of drug-likeness (QED) is 0.873. The van der Waals surface area contributed by atoms with Crippen molar-refractivity contribution in [2.75, 3.05) is 13.7 Å². The zero-order valence-electron chi connectivity index (χ0n) is 13.1. The van der Waals surface area contributed by atoms with Gasteiger partial charge in [-0.3, -0.25) is 9.59 Å². The van der Waals surface area contributed by atoms with Gasteiger partial charge in [-0.1, -0.05) is 29.8 Å². The van der Waals surface area contributed by atoms with Gasteiger partial charge in [0.25, 0.3) is 0 Å². The molecule has 120 valence electrons. The number of carbonyl (C=O) groups is 2. The van der Waals surface area contributed by atoms with E-state index in [9.17, 15) is 9.59 Å². The minimum Gasteiger partial charge on any atom is -0.481 e. The van der Waals surface area contributed by atoms with Gasteiger partial charge in [0.1, 0.15) is 0 Å². The summed E-state index contributed by atoms with van der Waals surface area (Å²) in [6.07, 6.45) is 1.59. The molecule has 1 aliphatic heterocycles. The Balaban J connectivity index is 1.94. The molecule has 1 N–H and O–H groups in total. The molecule has 1 fully saturated rings. The highest BCUT2D eigenvalue weighted by Gasteiger charge is 2.36. The van der Waals surface area contributed by atoms with Crippen molar-refractivity contribution >= 4 is 11.9 Å². The Morgan fingerprint density at radius 3 is 2.59 bits per heavy atom. The topological polar surface area (TPSA) is 66.8 Å². The van der Waals surface area contributed by atoms with Crippen molar-refractivity contribution in [3.05, 3.63) is 35.4 Å². The molecule has 22 heavy (non-hydrogen) atoms. The predicted molar refractivity (Wildman–Crippen MR) is 82.7 cm³/mol. The number of likely N-dealkylation sites (tertiary alicyclic amines) is 1. The maximum atomic E-state index is 12.4. The molecular weight excluding hydrogens is 282 g/mol. The molecular formula is C17H23NO4. The normalized spacial score (nSPS) is 21.1. The van der Waals surface area contributed by atoms with E-state index in [4.69, 9.17) is 9.84 Å². The molecule has 1 amide bonds. The molecule has 1 aromatic carbocycles. The summed E-state index contributed by atoms with van der Waals surface area (Å²) in [5.41, 5.74) is 2.32. The van der Waals surface area contributed by atoms with Crippen LogP contribution in [0.1, 0.15) is 30.4 Å². The number of methoxy groups -OCH3 is 1. The molecule has 0 aliphatic carbocycles. The zero-order valence-corrected chi connectivity index (χ0v) is 13.1. The minimum absolute atomic E-state index is 0.00590. The molecule has 5 heteroatoms. The van der Waals surface area contributed by atoms with E-state index >= 15 is 0 Å². The highest BCUT2D eigenvalue weighted by atomic mass is 16.5. The van der Waals surface area contributed by atoms with Crippen molar-refractivity contribution in [3.8, 4) is 0 Å². The maximum Gasteiger partial charge on any atom is 0.305 e. The zero-order chi connectivity index (χ0) is 16.1. The highest BCUT2D eigenvalue weighted by Crippen LogP contribution is 2.24. The first-order valence-electron chi connectivity index (χ1n) is 7.59. The standard InChI is InChI=1S/C17H23NO4/c1-12-3-5-13(6-4-12)7-8-16(19)18-11-15(22-2)9-14(18)10-17(20)21/h3-6,14-15H,7-11H2,1-2H3,(H,20,21). The first kappa shape index (κ1) is 16.5. The summed E-state index contributed by atoms with van der Waals surface area (Å²) in [7, 11) is 1.60. The second-order valence-corrected chi connectivity index (χ2v) is 5.88. The number of rotatable bonds is 6. The Morgan fingerprint density at radius 2 is 2.00 bits per heavy atom. The first-order valence-corrected chi connectivity index (χ1v) is 7.59. The van der Waals surface area contributed by atoms with Crippen molar-refractivity contribution in [3.63, 3.8) is 0 Å². The van der Waals surface area contributed by atoms with Gasteiger partial charge in [-0.15, -0.1) is 0 Å². The van der Waals surface area contributed by atoms with E-state index in [0.29, 0.717) is 25.8 Å². The maximum absolute atomic E-state index is 12.4. The van der Waals surface area contributed by atoms with E-state index in [-0.39, 0.29) is 24.5 Å². The van der Waals surface area contributed by atoms with Gasteiger partial charge in [0.05, 0.1) is 12.5 Å². The molecule has 5 nitrogen and oxygen atoms in total. The van der Waals surface area contributed by atoms with Crippen LogP contribution in [0.3, 0.4) is 0 Å². The number of carboxylic acid groups (broad SMARTS) is 1. The Bertz CT molecular complexity index is 526. The van der Waals surface area contributed by atoms with E-state index < -0.39 is 5.97 Å². The third kappa shape index (κ3) is 4.31. The van der Waals surface area contributed by atoms with Crippen LogP contribution in [0.4, 0.5) is 0 Å². The Morgan fingerprint density at radius 1 is 1.32 bits per heavy atom. The van der Waals surface area contributed by atoms with Gasteiger partial charge < -0.3 is 14.7 Å². The lowest BCUT2D eigenvalue weighted by molar-refractivity contribution is -0.139. The number of ether oxygens (including phenoxy) is 1. The molecule has 2 unspecified atom stereocenters. The summed E-state index contributed by atoms with van der Waals surface area (Å²) in [6, 6.07) is 7.86. The van der Waals surface area contributed by atoms with Crippen molar-refractivity contribution in [2.24, 2.45) is 0 Å². The van der Waals surface area contributed by atoms with Crippen molar-refractivity contribution in [1.82, 2.24) is 4.90 Å². The largest absolute Gasteiger partial charge is 0.481 e. The van der Waals surface area contributed by atoms with Gasteiger partial charge >= 0.3 is 5.97 Å². The van der Waals surface area contributed by atoms with Crippen LogP contribution < -0.4 is 0 Å². The fourth-order valence-corrected chi connectivity index (χ4v) is 2.89. The van der Waals surface area contributed by atoms with Crippen LogP contribution in [0, 0.1) is 6.92 Å². The van der Waals surface area contributed by atoms with Crippen LogP contribution in [-0.4, -0.2) is 47.7 Å². The van der Waals surface area contributed by atoms with Gasteiger partial charge in [0.15, 0.2) is 0 Å². The molecule has 0 spiro atoms. The van der Waals surface area contributed by atoms with Crippen molar-refractivity contribution in [2.45, 2.75) is 44.8 Å². The van der Waals surface area contributed by atoms with Crippen LogP contribution in [0.2, 0.25) is 0 Å². The summed E-state index contributed by atoms with van der Waals surface area (Å²) < 4.78 is 5.29. The number of nitrogens with zero attached hydrogens (tertiary/aromatic N) is 1. The first-order chi connectivity index (χ1) is 10.5. The average Bonchev–Trinajstić information content (AvgIpc) is 2.88. The number of aryl methyl sites for hydroxylation is 2. The lowest BCUT2D eigenvalue weighted by Crippen LogP contribution is -2.37. The molecule has 1 saturated heterocycles. The molecule has 0 aromatic heterocycles. The van der Waals surface area contributed by atoms with Crippen LogP contribution in [-0.2, 0) is 20.7 Å². The van der Waals surface area contributed by atoms with E-state index in [2.05, 4.69) is 0 Å². The summed E-state index contributed by atoms with van der Waals surface area (Å²) in [6.45, 7) is 2.52. The fraction of sp³-hybridized carbons (Fsp3) is 0.529. The highest BCUT2D eigenvalue weighted by molar-refractivity contribution is 5.78. The van der Waals surface area contributed by atoms with Gasteiger partial charge in [0.2, 0.25) is 5.91 Å². The summed E-state index contributed by atoms with van der Waals surface area (Å²) in [5.74, 6) is -0.871. The van der Waals surface area contributed by atoms with Gasteiger partial charge in [-0.05, 0) is 25.3 Å². The molecule has 0 radical (unpaired) electrons. The molecule has 0 saturated carbocycles. The summed E-state index contributed by atoms with van der Waals surface area (Å²) in [5, 5.41) is 8.99. The summed E-state index contributed by atoms with van der Waals surface area (Å²) in [4.78, 5) is 25.0. The lowest BCUT2D eigenvalue weighted by Gasteiger charge is -2.23. The van der Waals surface area contributed by atoms with Gasteiger partial charge in [-0.25, -0.2) is 0 Å². The second-order valence-electron chi connectivity index (χ2n) is 5.88. The van der Waals surface area contributed by atoms with Crippen LogP contribution in [0.15, 0.2) is 24.3 Å². The van der Waals surface area contributed by atoms with E-state index in [0.717, 1.165) is 5.56 Å². The molecule has 2 atom stereocenters. The number of hydrogen-bond acceptors (Lipinski definition) is 3. The molecule has 0 bridgehead atoms. The van der Waals surface area contributed by atoms with Crippen molar-refractivity contribution in [1.29, 1.82) is 0 Å². The molecule has 2 rings (SSSR count).